The summed E-state index contributed by atoms with van der Waals surface area (Å²) in [4.78, 5) is 17.1. The molecular weight excluding hydrogens is 254 g/mol. The Morgan fingerprint density at radius 3 is 2.70 bits per heavy atom. The standard InChI is InChI=1S/C15H17N3O2/c1-3-10-18-14(20)17-13(16)15(18,2)9-8-11-4-6-12(19)7-5-11/h1,4-7,19H,8-10H2,2H3,(H2,16,17,20). The van der Waals surface area contributed by atoms with E-state index in [1.54, 1.807) is 12.1 Å². The van der Waals surface area contributed by atoms with Crippen LogP contribution in [0.25, 0.3) is 0 Å². The van der Waals surface area contributed by atoms with E-state index >= 15 is 0 Å². The van der Waals surface area contributed by atoms with E-state index in [4.69, 9.17) is 12.2 Å². The number of urea groups is 1. The number of nitrogens with zero attached hydrogens (tertiary/aromatic N) is 2. The summed E-state index contributed by atoms with van der Waals surface area (Å²) in [6, 6.07) is 6.57. The van der Waals surface area contributed by atoms with Crippen LogP contribution < -0.4 is 5.73 Å². The molecule has 1 atom stereocenters. The lowest BCUT2D eigenvalue weighted by Crippen LogP contribution is -2.52. The van der Waals surface area contributed by atoms with E-state index in [9.17, 15) is 9.90 Å². The summed E-state index contributed by atoms with van der Waals surface area (Å²) in [5.41, 5.74) is 6.29. The molecule has 1 heterocycles. The lowest BCUT2D eigenvalue weighted by atomic mass is 9.91. The third-order valence-corrected chi connectivity index (χ3v) is 3.68. The van der Waals surface area contributed by atoms with Crippen molar-refractivity contribution in [2.24, 2.45) is 10.7 Å². The molecule has 5 heteroatoms. The minimum atomic E-state index is -0.651. The van der Waals surface area contributed by atoms with Gasteiger partial charge in [-0.1, -0.05) is 18.1 Å². The highest BCUT2D eigenvalue weighted by atomic mass is 16.3. The van der Waals surface area contributed by atoms with Crippen LogP contribution in [0.15, 0.2) is 29.3 Å². The largest absolute Gasteiger partial charge is 0.508 e. The van der Waals surface area contributed by atoms with E-state index in [1.807, 2.05) is 19.1 Å². The van der Waals surface area contributed by atoms with Gasteiger partial charge in [0.2, 0.25) is 0 Å². The number of nitrogens with two attached hydrogens (primary N) is 1. The van der Waals surface area contributed by atoms with Crippen molar-refractivity contribution in [3.63, 3.8) is 0 Å². The minimum absolute atomic E-state index is 0.190. The maximum absolute atomic E-state index is 11.8. The number of aromatic hydroxyl groups is 1. The minimum Gasteiger partial charge on any atom is -0.508 e. The molecule has 0 spiro atoms. The van der Waals surface area contributed by atoms with Gasteiger partial charge in [-0.3, -0.25) is 4.90 Å². The zero-order valence-corrected chi connectivity index (χ0v) is 11.3. The Kier molecular flexibility index (Phi) is 3.66. The molecule has 5 nitrogen and oxygen atoms in total. The molecule has 0 radical (unpaired) electrons. The van der Waals surface area contributed by atoms with Crippen molar-refractivity contribution in [3.05, 3.63) is 29.8 Å². The summed E-state index contributed by atoms with van der Waals surface area (Å²) >= 11 is 0. The molecule has 0 bridgehead atoms. The van der Waals surface area contributed by atoms with Gasteiger partial charge in [0.15, 0.2) is 0 Å². The number of carbonyl (C=O) groups is 1. The number of hydrogen-bond acceptors (Lipinski definition) is 3. The summed E-state index contributed by atoms with van der Waals surface area (Å²) in [7, 11) is 0. The number of benzene rings is 1. The Labute approximate surface area is 118 Å². The molecule has 1 aliphatic rings. The average molecular weight is 271 g/mol. The van der Waals surface area contributed by atoms with E-state index in [-0.39, 0.29) is 18.3 Å². The molecule has 1 aromatic carbocycles. The first kappa shape index (κ1) is 13.9. The Morgan fingerprint density at radius 2 is 2.10 bits per heavy atom. The van der Waals surface area contributed by atoms with Gasteiger partial charge in [0.25, 0.3) is 0 Å². The second-order valence-electron chi connectivity index (χ2n) is 5.01. The number of aliphatic imine (C=N–C) groups is 1. The number of hydrogen-bond donors (Lipinski definition) is 2. The van der Waals surface area contributed by atoms with Crippen LogP contribution in [0.3, 0.4) is 0 Å². The van der Waals surface area contributed by atoms with Crippen LogP contribution in [0.1, 0.15) is 18.9 Å². The first-order valence-electron chi connectivity index (χ1n) is 6.35. The van der Waals surface area contributed by atoms with Gasteiger partial charge < -0.3 is 10.8 Å². The first-order valence-corrected chi connectivity index (χ1v) is 6.35. The molecule has 0 saturated carbocycles. The van der Waals surface area contributed by atoms with Gasteiger partial charge in [-0.25, -0.2) is 4.79 Å². The van der Waals surface area contributed by atoms with Crippen LogP contribution in [-0.2, 0) is 6.42 Å². The van der Waals surface area contributed by atoms with Gasteiger partial charge in [-0.15, -0.1) is 6.42 Å². The van der Waals surface area contributed by atoms with Crippen molar-refractivity contribution >= 4 is 11.9 Å². The van der Waals surface area contributed by atoms with Crippen LogP contribution >= 0.6 is 0 Å². The Morgan fingerprint density at radius 1 is 1.45 bits per heavy atom. The van der Waals surface area contributed by atoms with E-state index in [1.165, 1.54) is 4.90 Å². The third-order valence-electron chi connectivity index (χ3n) is 3.68. The molecular formula is C15H17N3O2. The normalized spacial score (nSPS) is 21.7. The Hall–Kier alpha value is -2.48. The van der Waals surface area contributed by atoms with Crippen molar-refractivity contribution < 1.29 is 9.90 Å². The fourth-order valence-electron chi connectivity index (χ4n) is 2.28. The fourth-order valence-corrected chi connectivity index (χ4v) is 2.28. The molecule has 0 aromatic heterocycles. The average Bonchev–Trinajstić information content (AvgIpc) is 2.63. The van der Waals surface area contributed by atoms with Crippen LogP contribution in [0.2, 0.25) is 0 Å². The highest BCUT2D eigenvalue weighted by Gasteiger charge is 2.43. The second kappa shape index (κ2) is 5.25. The summed E-state index contributed by atoms with van der Waals surface area (Å²) in [5, 5.41) is 9.26. The lowest BCUT2D eigenvalue weighted by Gasteiger charge is -2.33. The van der Waals surface area contributed by atoms with Crippen LogP contribution in [-0.4, -0.2) is 34.0 Å². The monoisotopic (exact) mass is 271 g/mol. The number of aryl methyl sites for hydroxylation is 1. The molecule has 104 valence electrons. The topological polar surface area (TPSA) is 78.9 Å². The second-order valence-corrected chi connectivity index (χ2v) is 5.01. The van der Waals surface area contributed by atoms with Gasteiger partial charge in [0.05, 0.1) is 6.54 Å². The zero-order valence-electron chi connectivity index (χ0n) is 11.3. The number of amidine groups is 1. The number of terminal acetylenes is 1. The van der Waals surface area contributed by atoms with Gasteiger partial charge in [-0.2, -0.15) is 4.99 Å². The predicted octanol–water partition coefficient (Wildman–Crippen LogP) is 1.51. The molecule has 20 heavy (non-hydrogen) atoms. The van der Waals surface area contributed by atoms with Crippen molar-refractivity contribution in [3.8, 4) is 18.1 Å². The number of carbonyl (C=O) groups excluding carboxylic acids is 1. The Balaban J connectivity index is 2.13. The van der Waals surface area contributed by atoms with Crippen molar-refractivity contribution in [2.75, 3.05) is 6.54 Å². The third kappa shape index (κ3) is 2.45. The van der Waals surface area contributed by atoms with Gasteiger partial charge in [-0.05, 0) is 37.5 Å². The van der Waals surface area contributed by atoms with Crippen LogP contribution in [0.5, 0.6) is 5.75 Å². The van der Waals surface area contributed by atoms with Crippen molar-refractivity contribution in [1.82, 2.24) is 4.90 Å². The molecule has 2 amide bonds. The highest BCUT2D eigenvalue weighted by Crippen LogP contribution is 2.28. The fraction of sp³-hybridized carbons (Fsp3) is 0.333. The summed E-state index contributed by atoms with van der Waals surface area (Å²) in [6.07, 6.45) is 6.63. The molecule has 0 aliphatic carbocycles. The quantitative estimate of drug-likeness (QED) is 0.815. The molecule has 1 aromatic rings. The van der Waals surface area contributed by atoms with Crippen LogP contribution in [0.4, 0.5) is 4.79 Å². The van der Waals surface area contributed by atoms with Gasteiger partial charge >= 0.3 is 6.03 Å². The van der Waals surface area contributed by atoms with Crippen molar-refractivity contribution in [2.45, 2.75) is 25.3 Å². The molecule has 0 saturated heterocycles. The van der Waals surface area contributed by atoms with E-state index in [2.05, 4.69) is 10.9 Å². The molecule has 2 rings (SSSR count). The molecule has 1 unspecified atom stereocenters. The van der Waals surface area contributed by atoms with E-state index in [0.29, 0.717) is 18.7 Å². The predicted molar refractivity (Wildman–Crippen MR) is 77.4 cm³/mol. The van der Waals surface area contributed by atoms with E-state index in [0.717, 1.165) is 5.56 Å². The van der Waals surface area contributed by atoms with Gasteiger partial charge in [0, 0.05) is 0 Å². The highest BCUT2D eigenvalue weighted by molar-refractivity contribution is 6.05. The summed E-state index contributed by atoms with van der Waals surface area (Å²) in [5.74, 6) is 2.99. The SMILES string of the molecule is C#CCN1C(=O)N=C(N)C1(C)CCc1ccc(O)cc1. The molecule has 0 fully saturated rings. The number of amides is 2. The summed E-state index contributed by atoms with van der Waals surface area (Å²) < 4.78 is 0. The van der Waals surface area contributed by atoms with Gasteiger partial charge in [0.1, 0.15) is 17.1 Å². The maximum Gasteiger partial charge on any atom is 0.346 e. The number of rotatable bonds is 4. The Bertz CT molecular complexity index is 586. The number of phenols is 1. The molecule has 1 aliphatic heterocycles. The lowest BCUT2D eigenvalue weighted by molar-refractivity contribution is 0.184. The van der Waals surface area contributed by atoms with E-state index < -0.39 is 5.54 Å². The maximum atomic E-state index is 11.8. The molecule has 3 N–H and O–H groups in total. The number of phenolic OH excluding ortho intramolecular Hbond substituents is 1. The smallest absolute Gasteiger partial charge is 0.346 e. The van der Waals surface area contributed by atoms with Crippen LogP contribution in [0, 0.1) is 12.3 Å². The summed E-state index contributed by atoms with van der Waals surface area (Å²) in [6.45, 7) is 2.06. The first-order chi connectivity index (χ1) is 9.47. The zero-order chi connectivity index (χ0) is 14.8. The van der Waals surface area contributed by atoms with Crippen molar-refractivity contribution in [1.29, 1.82) is 0 Å².